The third-order valence-electron chi connectivity index (χ3n) is 3.42. The van der Waals surface area contributed by atoms with E-state index in [-0.39, 0.29) is 63.0 Å². The van der Waals surface area contributed by atoms with E-state index in [4.69, 9.17) is 11.3 Å². The average Bonchev–Trinajstić information content (AvgIpc) is 2.52. The summed E-state index contributed by atoms with van der Waals surface area (Å²) in [5.41, 5.74) is 13.9. The topological polar surface area (TPSA) is 74.8 Å². The zero-order valence-electron chi connectivity index (χ0n) is 17.6. The smallest absolute Gasteiger partial charge is 0.358 e. The molecule has 1 unspecified atom stereocenters. The first kappa shape index (κ1) is 44.3. The molecule has 0 aliphatic carbocycles. The Morgan fingerprint density at radius 1 is 0.958 bits per heavy atom. The van der Waals surface area contributed by atoms with Gasteiger partial charge in [-0.25, -0.2) is 0 Å². The van der Waals surface area contributed by atoms with Crippen LogP contribution in [0.3, 0.4) is 0 Å². The molecule has 0 aliphatic heterocycles. The first-order chi connectivity index (χ1) is 9.48. The van der Waals surface area contributed by atoms with Crippen LogP contribution < -0.4 is 5.73 Å². The standard InChI is InChI=1S/C7H14N3.C7H16N.C2H6.2CH3.2W/c1-4-6(3)7(5-2)9-10-8;1-4-6(3)7(8)5-2;1-2;;;;/h4,6-7H,5H2,1-3H3;4,6-7H,5,8H2,1-3H3;1-2H3;2*1H3;;/q2*-1;;2*-1;2*+2/t6-,7?;6-,7+;;;;;/m11...../s1. The van der Waals surface area contributed by atoms with Gasteiger partial charge in [0.2, 0.25) is 0 Å². The third-order valence-corrected chi connectivity index (χ3v) is 3.42. The molecule has 0 fully saturated rings. The summed E-state index contributed by atoms with van der Waals surface area (Å²) in [6.45, 7) is 16.4. The summed E-state index contributed by atoms with van der Waals surface area (Å²) < 4.78 is 0. The van der Waals surface area contributed by atoms with Crippen LogP contribution in [-0.4, -0.2) is 12.1 Å². The molecule has 0 spiro atoms. The van der Waals surface area contributed by atoms with Crippen molar-refractivity contribution >= 4 is 0 Å². The fourth-order valence-corrected chi connectivity index (χ4v) is 1.47. The molecule has 0 radical (unpaired) electrons. The predicted molar refractivity (Wildman–Crippen MR) is 104 cm³/mol. The van der Waals surface area contributed by atoms with Gasteiger partial charge in [0.15, 0.2) is 0 Å². The van der Waals surface area contributed by atoms with Gasteiger partial charge in [0.25, 0.3) is 0 Å². The molecular formula is C18H42N4W2. The van der Waals surface area contributed by atoms with Crippen LogP contribution in [0.15, 0.2) is 5.11 Å². The van der Waals surface area contributed by atoms with Crippen LogP contribution in [0.4, 0.5) is 0 Å². The molecule has 2 N–H and O–H groups in total. The minimum Gasteiger partial charge on any atom is -0.358 e. The fraction of sp³-hybridized carbons (Fsp3) is 0.778. The Morgan fingerprint density at radius 3 is 1.50 bits per heavy atom. The Bertz CT molecular complexity index is 227. The molecule has 0 aromatic carbocycles. The molecule has 0 amide bonds. The second-order valence-corrected chi connectivity index (χ2v) is 4.64. The van der Waals surface area contributed by atoms with Crippen molar-refractivity contribution in [1.82, 2.24) is 0 Å². The summed E-state index contributed by atoms with van der Waals surface area (Å²) >= 11 is 0. The minimum absolute atomic E-state index is 0. The first-order valence-corrected chi connectivity index (χ1v) is 7.86. The molecule has 146 valence electrons. The van der Waals surface area contributed by atoms with Crippen molar-refractivity contribution < 1.29 is 42.1 Å². The summed E-state index contributed by atoms with van der Waals surface area (Å²) in [4.78, 5) is 2.78. The van der Waals surface area contributed by atoms with Gasteiger partial charge < -0.3 is 33.4 Å². The molecule has 0 bridgehead atoms. The van der Waals surface area contributed by atoms with Crippen molar-refractivity contribution in [2.24, 2.45) is 22.7 Å². The first-order valence-electron chi connectivity index (χ1n) is 7.86. The monoisotopic (exact) mass is 682 g/mol. The molecule has 4 nitrogen and oxygen atoms in total. The summed E-state index contributed by atoms with van der Waals surface area (Å²) in [5.74, 6) is 0.959. The molecule has 24 heavy (non-hydrogen) atoms. The maximum atomic E-state index is 8.16. The van der Waals surface area contributed by atoms with Gasteiger partial charge in [-0.1, -0.05) is 46.7 Å². The fourth-order valence-electron chi connectivity index (χ4n) is 1.47. The van der Waals surface area contributed by atoms with Crippen LogP contribution >= 0.6 is 0 Å². The van der Waals surface area contributed by atoms with E-state index in [1.807, 2.05) is 27.7 Å². The predicted octanol–water partition coefficient (Wildman–Crippen LogP) is 6.44. The largest absolute Gasteiger partial charge is 2.00 e. The average molecular weight is 682 g/mol. The van der Waals surface area contributed by atoms with E-state index in [1.165, 1.54) is 0 Å². The van der Waals surface area contributed by atoms with Gasteiger partial charge in [0.1, 0.15) is 0 Å². The number of hydrogen-bond donors (Lipinski definition) is 1. The Kier molecular flexibility index (Phi) is 64.3. The quantitative estimate of drug-likeness (QED) is 0.143. The molecule has 0 heterocycles. The molecule has 0 saturated heterocycles. The summed E-state index contributed by atoms with van der Waals surface area (Å²) in [5, 5.41) is 3.66. The van der Waals surface area contributed by atoms with Crippen LogP contribution in [0.5, 0.6) is 0 Å². The van der Waals surface area contributed by atoms with Crippen molar-refractivity contribution in [3.63, 3.8) is 0 Å². The van der Waals surface area contributed by atoms with Gasteiger partial charge in [-0.2, -0.15) is 25.7 Å². The third kappa shape index (κ3) is 27.5. The normalized spacial score (nSPS) is 12.7. The van der Waals surface area contributed by atoms with Crippen LogP contribution in [0, 0.1) is 39.5 Å². The van der Waals surface area contributed by atoms with Crippen LogP contribution in [0.2, 0.25) is 0 Å². The maximum Gasteiger partial charge on any atom is 2.00 e. The molecule has 0 aromatic heterocycles. The van der Waals surface area contributed by atoms with Crippen molar-refractivity contribution in [2.45, 2.75) is 80.3 Å². The van der Waals surface area contributed by atoms with E-state index >= 15 is 0 Å². The van der Waals surface area contributed by atoms with Crippen LogP contribution in [0.25, 0.3) is 10.4 Å². The van der Waals surface area contributed by atoms with Crippen molar-refractivity contribution in [3.8, 4) is 0 Å². The van der Waals surface area contributed by atoms with Crippen molar-refractivity contribution in [1.29, 1.82) is 0 Å². The molecule has 0 rings (SSSR count). The molecule has 4 atom stereocenters. The van der Waals surface area contributed by atoms with Gasteiger partial charge in [-0.05, 0) is 24.4 Å². The van der Waals surface area contributed by atoms with E-state index in [0.29, 0.717) is 17.9 Å². The summed E-state index contributed by atoms with van der Waals surface area (Å²) in [6, 6.07) is 0.495. The summed E-state index contributed by atoms with van der Waals surface area (Å²) in [7, 11) is 0. The van der Waals surface area contributed by atoms with E-state index in [0.717, 1.165) is 12.8 Å². The van der Waals surface area contributed by atoms with E-state index in [9.17, 15) is 0 Å². The second-order valence-electron chi connectivity index (χ2n) is 4.64. The van der Waals surface area contributed by atoms with Gasteiger partial charge in [0, 0.05) is 11.0 Å². The van der Waals surface area contributed by atoms with Crippen molar-refractivity contribution in [2.75, 3.05) is 0 Å². The molecule has 6 heteroatoms. The number of nitrogens with zero attached hydrogens (tertiary/aromatic N) is 3. The SMILES string of the molecule is CC.C[CH-][C@@H](C)C(CC)N=[N+]=[N-].C[CH-][C@@H](C)[C@@H](N)CC.[CH3-].[CH3-].[W+2].[W+2]. The number of azide groups is 1. The zero-order chi connectivity index (χ0) is 16.6. The van der Waals surface area contributed by atoms with Gasteiger partial charge >= 0.3 is 42.1 Å². The van der Waals surface area contributed by atoms with Crippen LogP contribution in [0.1, 0.15) is 68.2 Å². The molecule has 0 aromatic rings. The maximum absolute atomic E-state index is 8.16. The number of hydrogen-bond acceptors (Lipinski definition) is 2. The van der Waals surface area contributed by atoms with Gasteiger partial charge in [0.05, 0.1) is 0 Å². The van der Waals surface area contributed by atoms with E-state index in [1.54, 1.807) is 0 Å². The van der Waals surface area contributed by atoms with Crippen molar-refractivity contribution in [3.05, 3.63) is 38.1 Å². The van der Waals surface area contributed by atoms with Gasteiger partial charge in [-0.3, -0.25) is 0 Å². The van der Waals surface area contributed by atoms with E-state index in [2.05, 4.69) is 50.6 Å². The number of rotatable bonds is 7. The Hall–Kier alpha value is 0.647. The molecule has 0 aliphatic rings. The molecule has 0 saturated carbocycles. The Morgan fingerprint density at radius 2 is 1.33 bits per heavy atom. The van der Waals surface area contributed by atoms with E-state index < -0.39 is 0 Å². The molecular weight excluding hydrogens is 640 g/mol. The van der Waals surface area contributed by atoms with Gasteiger partial charge in [-0.15, -0.1) is 0 Å². The minimum atomic E-state index is 0. The van der Waals surface area contributed by atoms with Crippen LogP contribution in [-0.2, 0) is 42.1 Å². The zero-order valence-corrected chi connectivity index (χ0v) is 23.5. The Balaban J connectivity index is -0.0000000383. The Labute approximate surface area is 182 Å². The number of nitrogens with two attached hydrogens (primary N) is 1. The summed E-state index contributed by atoms with van der Waals surface area (Å²) in [6.07, 6.45) is 6.19. The second kappa shape index (κ2) is 34.9.